The smallest absolute Gasteiger partial charge is 0.124 e. The first kappa shape index (κ1) is 14.0. The molecule has 0 radical (unpaired) electrons. The first-order valence-corrected chi connectivity index (χ1v) is 7.49. The molecule has 1 atom stereocenters. The fourth-order valence-electron chi connectivity index (χ4n) is 3.08. The first-order chi connectivity index (χ1) is 8.51. The summed E-state index contributed by atoms with van der Waals surface area (Å²) < 4.78 is 14.0. The number of nitrogens with one attached hydrogen (secondary N) is 1. The SMILES string of the molecule is CC(C)CC1(Cc2ccc(F)cc2Br)CCCN1. The molecule has 100 valence electrons. The summed E-state index contributed by atoms with van der Waals surface area (Å²) >= 11 is 3.48. The molecule has 1 N–H and O–H groups in total. The lowest BCUT2D eigenvalue weighted by Crippen LogP contribution is -2.43. The Bertz CT molecular complexity index is 411. The summed E-state index contributed by atoms with van der Waals surface area (Å²) in [6, 6.07) is 5.02. The molecule has 1 aliphatic rings. The number of hydrogen-bond acceptors (Lipinski definition) is 1. The first-order valence-electron chi connectivity index (χ1n) is 6.70. The van der Waals surface area contributed by atoms with Gasteiger partial charge in [0.25, 0.3) is 0 Å². The average molecular weight is 314 g/mol. The fraction of sp³-hybridized carbons (Fsp3) is 0.600. The van der Waals surface area contributed by atoms with Crippen LogP contribution in [0.15, 0.2) is 22.7 Å². The van der Waals surface area contributed by atoms with Crippen molar-refractivity contribution in [1.29, 1.82) is 0 Å². The van der Waals surface area contributed by atoms with Crippen molar-refractivity contribution in [2.45, 2.75) is 45.1 Å². The van der Waals surface area contributed by atoms with Gasteiger partial charge in [0.15, 0.2) is 0 Å². The van der Waals surface area contributed by atoms with Gasteiger partial charge in [-0.15, -0.1) is 0 Å². The van der Waals surface area contributed by atoms with E-state index in [9.17, 15) is 4.39 Å². The summed E-state index contributed by atoms with van der Waals surface area (Å²) in [6.07, 6.45) is 4.61. The number of rotatable bonds is 4. The Kier molecular flexibility index (Phi) is 4.44. The van der Waals surface area contributed by atoms with Gasteiger partial charge in [-0.05, 0) is 55.8 Å². The molecule has 0 saturated carbocycles. The van der Waals surface area contributed by atoms with Crippen LogP contribution in [0.2, 0.25) is 0 Å². The van der Waals surface area contributed by atoms with Gasteiger partial charge in [-0.2, -0.15) is 0 Å². The van der Waals surface area contributed by atoms with Gasteiger partial charge in [0, 0.05) is 10.0 Å². The lowest BCUT2D eigenvalue weighted by Gasteiger charge is -2.32. The molecule has 1 nitrogen and oxygen atoms in total. The highest BCUT2D eigenvalue weighted by Crippen LogP contribution is 2.32. The Balaban J connectivity index is 2.18. The van der Waals surface area contributed by atoms with Crippen molar-refractivity contribution in [3.8, 4) is 0 Å². The predicted molar refractivity (Wildman–Crippen MR) is 77.2 cm³/mol. The van der Waals surface area contributed by atoms with Crippen LogP contribution in [0.1, 0.15) is 38.7 Å². The standard InChI is InChI=1S/C15H21BrFN/c1-11(2)9-15(6-3-7-18-15)10-12-4-5-13(17)8-14(12)16/h4-5,8,11,18H,3,6-7,9-10H2,1-2H3. The Hall–Kier alpha value is -0.410. The molecule has 3 heteroatoms. The van der Waals surface area contributed by atoms with E-state index in [0.717, 1.165) is 17.4 Å². The van der Waals surface area contributed by atoms with Crippen LogP contribution in [0.5, 0.6) is 0 Å². The van der Waals surface area contributed by atoms with Gasteiger partial charge in [0.1, 0.15) is 5.82 Å². The molecule has 0 bridgehead atoms. The van der Waals surface area contributed by atoms with E-state index in [1.807, 2.05) is 6.07 Å². The second-order valence-electron chi connectivity index (χ2n) is 5.82. The Morgan fingerprint density at radius 2 is 2.22 bits per heavy atom. The van der Waals surface area contributed by atoms with E-state index in [2.05, 4.69) is 35.1 Å². The minimum atomic E-state index is -0.178. The molecular formula is C15H21BrFN. The van der Waals surface area contributed by atoms with Crippen molar-refractivity contribution in [2.24, 2.45) is 5.92 Å². The van der Waals surface area contributed by atoms with Gasteiger partial charge in [0.05, 0.1) is 0 Å². The minimum Gasteiger partial charge on any atom is -0.311 e. The summed E-state index contributed by atoms with van der Waals surface area (Å²) in [5.74, 6) is 0.498. The lowest BCUT2D eigenvalue weighted by atomic mass is 9.82. The molecule has 1 heterocycles. The highest BCUT2D eigenvalue weighted by atomic mass is 79.9. The maximum absolute atomic E-state index is 13.1. The van der Waals surface area contributed by atoms with E-state index in [1.165, 1.54) is 24.8 Å². The molecule has 2 rings (SSSR count). The second kappa shape index (κ2) is 5.70. The molecule has 0 amide bonds. The van der Waals surface area contributed by atoms with Gasteiger partial charge in [-0.3, -0.25) is 0 Å². The Morgan fingerprint density at radius 1 is 1.44 bits per heavy atom. The van der Waals surface area contributed by atoms with Crippen molar-refractivity contribution >= 4 is 15.9 Å². The molecule has 0 aliphatic carbocycles. The summed E-state index contributed by atoms with van der Waals surface area (Å²) in [6.45, 7) is 5.63. The summed E-state index contributed by atoms with van der Waals surface area (Å²) in [4.78, 5) is 0. The third-order valence-corrected chi connectivity index (χ3v) is 4.41. The van der Waals surface area contributed by atoms with Crippen LogP contribution < -0.4 is 5.32 Å². The largest absolute Gasteiger partial charge is 0.311 e. The second-order valence-corrected chi connectivity index (χ2v) is 6.68. The molecule has 1 aliphatic heterocycles. The fourth-order valence-corrected chi connectivity index (χ4v) is 3.57. The highest BCUT2D eigenvalue weighted by Gasteiger charge is 2.34. The van der Waals surface area contributed by atoms with Crippen molar-refractivity contribution in [1.82, 2.24) is 5.32 Å². The van der Waals surface area contributed by atoms with Crippen LogP contribution in [0.25, 0.3) is 0 Å². The van der Waals surface area contributed by atoms with Crippen molar-refractivity contribution < 1.29 is 4.39 Å². The maximum Gasteiger partial charge on any atom is 0.124 e. The molecule has 1 aromatic carbocycles. The molecule has 0 spiro atoms. The number of benzene rings is 1. The van der Waals surface area contributed by atoms with E-state index in [-0.39, 0.29) is 11.4 Å². The van der Waals surface area contributed by atoms with E-state index in [0.29, 0.717) is 5.92 Å². The normalized spacial score (nSPS) is 23.8. The van der Waals surface area contributed by atoms with Crippen LogP contribution in [0.4, 0.5) is 4.39 Å². The average Bonchev–Trinajstić information content (AvgIpc) is 2.70. The molecule has 1 unspecified atom stereocenters. The van der Waals surface area contributed by atoms with Gasteiger partial charge < -0.3 is 5.32 Å². The van der Waals surface area contributed by atoms with Crippen LogP contribution in [0, 0.1) is 11.7 Å². The Labute approximate surface area is 117 Å². The van der Waals surface area contributed by atoms with Gasteiger partial charge in [-0.1, -0.05) is 35.8 Å². The monoisotopic (exact) mass is 313 g/mol. The zero-order chi connectivity index (χ0) is 13.2. The molecular weight excluding hydrogens is 293 g/mol. The van der Waals surface area contributed by atoms with E-state index >= 15 is 0 Å². The lowest BCUT2D eigenvalue weighted by molar-refractivity contribution is 0.301. The van der Waals surface area contributed by atoms with Crippen LogP contribution in [-0.4, -0.2) is 12.1 Å². The van der Waals surface area contributed by atoms with Crippen LogP contribution in [-0.2, 0) is 6.42 Å². The van der Waals surface area contributed by atoms with E-state index in [1.54, 1.807) is 12.1 Å². The van der Waals surface area contributed by atoms with Crippen molar-refractivity contribution in [3.63, 3.8) is 0 Å². The van der Waals surface area contributed by atoms with Gasteiger partial charge in [0.2, 0.25) is 0 Å². The number of hydrogen-bond donors (Lipinski definition) is 1. The molecule has 0 aromatic heterocycles. The van der Waals surface area contributed by atoms with Crippen molar-refractivity contribution in [2.75, 3.05) is 6.54 Å². The molecule has 1 saturated heterocycles. The van der Waals surface area contributed by atoms with Crippen molar-refractivity contribution in [3.05, 3.63) is 34.1 Å². The van der Waals surface area contributed by atoms with Gasteiger partial charge >= 0.3 is 0 Å². The molecule has 18 heavy (non-hydrogen) atoms. The summed E-state index contributed by atoms with van der Waals surface area (Å²) in [5.41, 5.74) is 1.40. The highest BCUT2D eigenvalue weighted by molar-refractivity contribution is 9.10. The van der Waals surface area contributed by atoms with Gasteiger partial charge in [-0.25, -0.2) is 4.39 Å². The third-order valence-electron chi connectivity index (χ3n) is 3.68. The van der Waals surface area contributed by atoms with E-state index in [4.69, 9.17) is 0 Å². The van der Waals surface area contributed by atoms with E-state index < -0.39 is 0 Å². The quantitative estimate of drug-likeness (QED) is 0.874. The zero-order valence-electron chi connectivity index (χ0n) is 11.1. The summed E-state index contributed by atoms with van der Waals surface area (Å²) in [5, 5.41) is 3.68. The molecule has 1 fully saturated rings. The maximum atomic E-state index is 13.1. The predicted octanol–water partition coefficient (Wildman–Crippen LogP) is 4.30. The van der Waals surface area contributed by atoms with Crippen LogP contribution in [0.3, 0.4) is 0 Å². The zero-order valence-corrected chi connectivity index (χ0v) is 12.7. The Morgan fingerprint density at radius 3 is 2.78 bits per heavy atom. The van der Waals surface area contributed by atoms with Crippen LogP contribution >= 0.6 is 15.9 Å². The third kappa shape index (κ3) is 3.33. The molecule has 1 aromatic rings. The topological polar surface area (TPSA) is 12.0 Å². The minimum absolute atomic E-state index is 0.178. The number of halogens is 2. The summed E-state index contributed by atoms with van der Waals surface area (Å²) in [7, 11) is 0.